The fourth-order valence-corrected chi connectivity index (χ4v) is 5.17. The maximum absolute atomic E-state index is 13.6. The smallest absolute Gasteiger partial charge is 0.123 e. The van der Waals surface area contributed by atoms with Gasteiger partial charge in [-0.05, 0) is 95.7 Å². The van der Waals surface area contributed by atoms with Crippen LogP contribution in [0.25, 0.3) is 0 Å². The lowest BCUT2D eigenvalue weighted by atomic mass is 9.65. The molecule has 0 saturated heterocycles. The van der Waals surface area contributed by atoms with Crippen LogP contribution in [0.1, 0.15) is 46.9 Å². The van der Waals surface area contributed by atoms with Crippen molar-refractivity contribution in [1.82, 2.24) is 0 Å². The maximum Gasteiger partial charge on any atom is 0.123 e. The van der Waals surface area contributed by atoms with Gasteiger partial charge in [0.15, 0.2) is 0 Å². The van der Waals surface area contributed by atoms with Crippen LogP contribution < -0.4 is 4.74 Å². The van der Waals surface area contributed by atoms with E-state index in [0.717, 1.165) is 30.6 Å². The predicted molar refractivity (Wildman–Crippen MR) is 125 cm³/mol. The van der Waals surface area contributed by atoms with Crippen LogP contribution in [0, 0.1) is 11.7 Å². The monoisotopic (exact) mass is 426 g/mol. The molecule has 1 N–H and O–H groups in total. The van der Waals surface area contributed by atoms with Crippen molar-refractivity contribution in [3.63, 3.8) is 0 Å². The van der Waals surface area contributed by atoms with E-state index < -0.39 is 0 Å². The molecule has 0 amide bonds. The van der Waals surface area contributed by atoms with Gasteiger partial charge >= 0.3 is 0 Å². The fraction of sp³-hybridized carbons (Fsp3) is 0.241. The number of hydrogen-bond acceptors (Lipinski definition) is 2. The zero-order valence-electron chi connectivity index (χ0n) is 18.0. The van der Waals surface area contributed by atoms with Gasteiger partial charge in [-0.25, -0.2) is 4.39 Å². The number of rotatable bonds is 5. The lowest BCUT2D eigenvalue weighted by molar-refractivity contribution is 0.304. The molecule has 2 nitrogen and oxygen atoms in total. The van der Waals surface area contributed by atoms with Crippen molar-refractivity contribution in [1.29, 1.82) is 0 Å². The van der Waals surface area contributed by atoms with E-state index in [1.807, 2.05) is 42.5 Å². The summed E-state index contributed by atoms with van der Waals surface area (Å²) in [6, 6.07) is 23.6. The third-order valence-corrected chi connectivity index (χ3v) is 6.75. The highest BCUT2D eigenvalue weighted by Crippen LogP contribution is 2.49. The van der Waals surface area contributed by atoms with Crippen molar-refractivity contribution in [3.05, 3.63) is 125 Å². The van der Waals surface area contributed by atoms with Gasteiger partial charge in [0.25, 0.3) is 0 Å². The molecular formula is C29H27FO2. The molecule has 2 aliphatic rings. The maximum atomic E-state index is 13.6. The molecule has 1 unspecified atom stereocenters. The van der Waals surface area contributed by atoms with Crippen LogP contribution in [0.4, 0.5) is 4.39 Å². The average Bonchev–Trinajstić information content (AvgIpc) is 2.84. The number of ether oxygens (including phenoxy) is 1. The minimum Gasteiger partial charge on any atom is -0.508 e. The Kier molecular flexibility index (Phi) is 5.81. The normalized spacial score (nSPS) is 22.2. The SMILES string of the molecule is OC1=CCC([C@@H]2c3ccc(OCc4ccccc4)cc3CC[C@@H]2c2ccc(F)cc2)C=C1. The third-order valence-electron chi connectivity index (χ3n) is 6.75. The van der Waals surface area contributed by atoms with Gasteiger partial charge in [-0.15, -0.1) is 0 Å². The first-order valence-electron chi connectivity index (χ1n) is 11.3. The molecule has 0 bridgehead atoms. The van der Waals surface area contributed by atoms with E-state index in [2.05, 4.69) is 36.4 Å². The zero-order chi connectivity index (χ0) is 21.9. The Bertz CT molecular complexity index is 1130. The topological polar surface area (TPSA) is 29.5 Å². The highest BCUT2D eigenvalue weighted by atomic mass is 19.1. The van der Waals surface area contributed by atoms with E-state index in [0.29, 0.717) is 18.3 Å². The predicted octanol–water partition coefficient (Wildman–Crippen LogP) is 7.24. The average molecular weight is 427 g/mol. The lowest BCUT2D eigenvalue weighted by Crippen LogP contribution is -2.26. The molecule has 0 spiro atoms. The molecule has 0 heterocycles. The largest absolute Gasteiger partial charge is 0.508 e. The Morgan fingerprint density at radius 2 is 1.78 bits per heavy atom. The quantitative estimate of drug-likeness (QED) is 0.466. The molecule has 3 heteroatoms. The molecule has 0 aromatic heterocycles. The van der Waals surface area contributed by atoms with Crippen LogP contribution in [0.2, 0.25) is 0 Å². The molecule has 3 aromatic rings. The summed E-state index contributed by atoms with van der Waals surface area (Å²) in [5.41, 5.74) is 4.99. The van der Waals surface area contributed by atoms with E-state index in [9.17, 15) is 9.50 Å². The van der Waals surface area contributed by atoms with E-state index in [-0.39, 0.29) is 17.7 Å². The van der Waals surface area contributed by atoms with Crippen LogP contribution in [0.15, 0.2) is 96.8 Å². The molecule has 3 atom stereocenters. The molecule has 0 radical (unpaired) electrons. The van der Waals surface area contributed by atoms with Crippen molar-refractivity contribution >= 4 is 0 Å². The second kappa shape index (κ2) is 9.04. The summed E-state index contributed by atoms with van der Waals surface area (Å²) in [5.74, 6) is 1.89. The van der Waals surface area contributed by atoms with Gasteiger partial charge in [-0.2, -0.15) is 0 Å². The first-order valence-corrected chi connectivity index (χ1v) is 11.3. The summed E-state index contributed by atoms with van der Waals surface area (Å²) in [7, 11) is 0. The number of fused-ring (bicyclic) bond motifs is 1. The second-order valence-corrected chi connectivity index (χ2v) is 8.75. The van der Waals surface area contributed by atoms with Crippen LogP contribution >= 0.6 is 0 Å². The highest BCUT2D eigenvalue weighted by Gasteiger charge is 2.35. The number of halogens is 1. The van der Waals surface area contributed by atoms with Crippen molar-refractivity contribution in [2.45, 2.75) is 37.7 Å². The Labute approximate surface area is 188 Å². The minimum atomic E-state index is -0.202. The van der Waals surface area contributed by atoms with Gasteiger partial charge in [0.2, 0.25) is 0 Å². The summed E-state index contributed by atoms with van der Waals surface area (Å²) in [4.78, 5) is 0. The molecule has 0 aliphatic heterocycles. The van der Waals surface area contributed by atoms with E-state index in [1.54, 1.807) is 12.1 Å². The van der Waals surface area contributed by atoms with Gasteiger partial charge in [0.1, 0.15) is 23.9 Å². The molecule has 5 rings (SSSR count). The van der Waals surface area contributed by atoms with Gasteiger partial charge in [0.05, 0.1) is 0 Å². The summed E-state index contributed by atoms with van der Waals surface area (Å²) in [6.45, 7) is 0.552. The molecule has 3 aromatic carbocycles. The van der Waals surface area contributed by atoms with Gasteiger partial charge < -0.3 is 9.84 Å². The number of aliphatic hydroxyl groups is 1. The molecule has 0 saturated carbocycles. The van der Waals surface area contributed by atoms with Gasteiger partial charge in [-0.1, -0.05) is 54.6 Å². The first kappa shape index (κ1) is 20.6. The summed E-state index contributed by atoms with van der Waals surface area (Å²) >= 11 is 0. The molecular weight excluding hydrogens is 399 g/mol. The van der Waals surface area contributed by atoms with Gasteiger partial charge in [-0.3, -0.25) is 0 Å². The van der Waals surface area contributed by atoms with Crippen molar-refractivity contribution < 1.29 is 14.2 Å². The number of benzene rings is 3. The van der Waals surface area contributed by atoms with Crippen LogP contribution in [0.5, 0.6) is 5.75 Å². The summed E-state index contributed by atoms with van der Waals surface area (Å²) in [5, 5.41) is 9.84. The second-order valence-electron chi connectivity index (χ2n) is 8.75. The van der Waals surface area contributed by atoms with Crippen molar-refractivity contribution in [2.75, 3.05) is 0 Å². The molecule has 0 fully saturated rings. The van der Waals surface area contributed by atoms with Crippen LogP contribution in [-0.2, 0) is 13.0 Å². The first-order chi connectivity index (χ1) is 15.7. The Balaban J connectivity index is 1.44. The van der Waals surface area contributed by atoms with E-state index in [4.69, 9.17) is 4.74 Å². The number of aliphatic hydroxyl groups excluding tert-OH is 1. The number of allylic oxidation sites excluding steroid dienone is 3. The van der Waals surface area contributed by atoms with Crippen molar-refractivity contribution in [3.8, 4) is 5.75 Å². The standard InChI is InChI=1S/C29H27FO2/c30-24-11-6-21(7-12-24)27-16-10-23-18-26(32-19-20-4-2-1-3-5-20)15-17-28(23)29(27)22-8-13-25(31)14-9-22/h1-8,11-15,17-18,22,27,29,31H,9-10,16,19H2/t22?,27-,29+/m1/s1. The number of hydrogen-bond donors (Lipinski definition) is 1. The third kappa shape index (κ3) is 4.34. The highest BCUT2D eigenvalue weighted by molar-refractivity contribution is 5.44. The number of aryl methyl sites for hydroxylation is 1. The van der Waals surface area contributed by atoms with Crippen LogP contribution in [-0.4, -0.2) is 5.11 Å². The van der Waals surface area contributed by atoms with Crippen molar-refractivity contribution in [2.24, 2.45) is 5.92 Å². The Morgan fingerprint density at radius 3 is 2.53 bits per heavy atom. The molecule has 162 valence electrons. The zero-order valence-corrected chi connectivity index (χ0v) is 18.0. The lowest BCUT2D eigenvalue weighted by Gasteiger charge is -2.39. The summed E-state index contributed by atoms with van der Waals surface area (Å²) in [6.07, 6.45) is 8.61. The molecule has 2 aliphatic carbocycles. The molecule has 32 heavy (non-hydrogen) atoms. The Morgan fingerprint density at radius 1 is 0.969 bits per heavy atom. The Hall–Kier alpha value is -3.33. The minimum absolute atomic E-state index is 0.202. The van der Waals surface area contributed by atoms with Crippen LogP contribution in [0.3, 0.4) is 0 Å². The summed E-state index contributed by atoms with van der Waals surface area (Å²) < 4.78 is 19.6. The fourth-order valence-electron chi connectivity index (χ4n) is 5.17. The van der Waals surface area contributed by atoms with E-state index in [1.165, 1.54) is 16.7 Å². The van der Waals surface area contributed by atoms with E-state index >= 15 is 0 Å². The van der Waals surface area contributed by atoms with Gasteiger partial charge in [0, 0.05) is 0 Å².